The Bertz CT molecular complexity index is 738. The van der Waals surface area contributed by atoms with Crippen molar-refractivity contribution < 1.29 is 0 Å². The van der Waals surface area contributed by atoms with Gasteiger partial charge in [-0.2, -0.15) is 0 Å². The van der Waals surface area contributed by atoms with Crippen molar-refractivity contribution in [1.82, 2.24) is 19.6 Å². The predicted molar refractivity (Wildman–Crippen MR) is 73.7 cm³/mol. The van der Waals surface area contributed by atoms with Crippen molar-refractivity contribution in [3.63, 3.8) is 0 Å². The van der Waals surface area contributed by atoms with Gasteiger partial charge in [-0.3, -0.25) is 4.40 Å². The first-order valence-corrected chi connectivity index (χ1v) is 6.45. The number of aryl methyl sites for hydroxylation is 1. The van der Waals surface area contributed by atoms with Crippen molar-refractivity contribution in [3.05, 3.63) is 45.8 Å². The molecule has 1 aromatic carbocycles. The summed E-state index contributed by atoms with van der Waals surface area (Å²) >= 11 is 9.40. The first kappa shape index (κ1) is 11.6. The maximum atomic E-state index is 5.83. The summed E-state index contributed by atoms with van der Waals surface area (Å²) in [7, 11) is 0. The van der Waals surface area contributed by atoms with Crippen molar-refractivity contribution in [1.29, 1.82) is 0 Å². The molecule has 0 atom stereocenters. The summed E-state index contributed by atoms with van der Waals surface area (Å²) < 4.78 is 2.82. The van der Waals surface area contributed by atoms with E-state index in [9.17, 15) is 0 Å². The van der Waals surface area contributed by atoms with Crippen LogP contribution in [0.15, 0.2) is 35.1 Å². The lowest BCUT2D eigenvalue weighted by molar-refractivity contribution is 1.08. The normalized spacial score (nSPS) is 11.1. The lowest BCUT2D eigenvalue weighted by atomic mass is 10.1. The van der Waals surface area contributed by atoms with Gasteiger partial charge in [0.05, 0.1) is 0 Å². The molecule has 90 valence electrons. The average molecular weight is 324 g/mol. The Hall–Kier alpha value is -1.46. The third-order valence-electron chi connectivity index (χ3n) is 2.70. The van der Waals surface area contributed by atoms with E-state index in [0.717, 1.165) is 21.4 Å². The molecule has 2 aromatic heterocycles. The summed E-state index contributed by atoms with van der Waals surface area (Å²) in [5.74, 6) is 0.741. The number of hydrogen-bond donors (Lipinski definition) is 0. The highest BCUT2D eigenvalue weighted by molar-refractivity contribution is 9.10. The number of halogens is 2. The second-order valence-corrected chi connectivity index (χ2v) is 5.08. The number of benzene rings is 1. The van der Waals surface area contributed by atoms with Gasteiger partial charge in [0.15, 0.2) is 11.5 Å². The predicted octanol–water partition coefficient (Wildman–Crippen LogP) is 3.52. The van der Waals surface area contributed by atoms with Gasteiger partial charge >= 0.3 is 0 Å². The standard InChI is InChI=1S/C12H8BrClN4/c1-7-3-2-4-8(11(7)13)12-17-16-10-5-9(14)15-6-18(10)12/h2-6H,1H3. The molecular weight excluding hydrogens is 316 g/mol. The monoisotopic (exact) mass is 322 g/mol. The van der Waals surface area contributed by atoms with Gasteiger partial charge < -0.3 is 0 Å². The van der Waals surface area contributed by atoms with Crippen LogP contribution in [0.2, 0.25) is 5.15 Å². The van der Waals surface area contributed by atoms with Crippen molar-refractivity contribution in [3.8, 4) is 11.4 Å². The zero-order chi connectivity index (χ0) is 12.7. The van der Waals surface area contributed by atoms with Crippen LogP contribution in [0.5, 0.6) is 0 Å². The molecule has 6 heteroatoms. The number of nitrogens with zero attached hydrogens (tertiary/aromatic N) is 4. The Labute approximate surface area is 117 Å². The van der Waals surface area contributed by atoms with Crippen molar-refractivity contribution >= 4 is 33.2 Å². The Morgan fingerprint density at radius 1 is 1.28 bits per heavy atom. The zero-order valence-electron chi connectivity index (χ0n) is 9.43. The first-order chi connectivity index (χ1) is 8.66. The van der Waals surface area contributed by atoms with Crippen molar-refractivity contribution in [2.24, 2.45) is 0 Å². The van der Waals surface area contributed by atoms with Gasteiger partial charge in [-0.15, -0.1) is 10.2 Å². The van der Waals surface area contributed by atoms with E-state index in [4.69, 9.17) is 11.6 Å². The molecule has 0 radical (unpaired) electrons. The molecule has 0 saturated carbocycles. The second-order valence-electron chi connectivity index (χ2n) is 3.90. The highest BCUT2D eigenvalue weighted by Crippen LogP contribution is 2.29. The van der Waals surface area contributed by atoms with Gasteiger partial charge in [0.2, 0.25) is 0 Å². The third kappa shape index (κ3) is 1.79. The average Bonchev–Trinajstić information content (AvgIpc) is 2.75. The summed E-state index contributed by atoms with van der Waals surface area (Å²) in [4.78, 5) is 4.05. The quantitative estimate of drug-likeness (QED) is 0.644. The molecule has 0 aliphatic heterocycles. The molecular formula is C12H8BrClN4. The summed E-state index contributed by atoms with van der Waals surface area (Å²) in [5, 5.41) is 8.69. The van der Waals surface area contributed by atoms with Crippen LogP contribution >= 0.6 is 27.5 Å². The van der Waals surface area contributed by atoms with E-state index in [-0.39, 0.29) is 0 Å². The van der Waals surface area contributed by atoms with Gasteiger partial charge in [0, 0.05) is 16.1 Å². The fraction of sp³-hybridized carbons (Fsp3) is 0.0833. The van der Waals surface area contributed by atoms with Gasteiger partial charge in [0.1, 0.15) is 11.5 Å². The third-order valence-corrected chi connectivity index (χ3v) is 3.96. The molecule has 2 heterocycles. The van der Waals surface area contributed by atoms with Gasteiger partial charge in [0.25, 0.3) is 0 Å². The summed E-state index contributed by atoms with van der Waals surface area (Å²) in [6, 6.07) is 7.69. The number of hydrogen-bond acceptors (Lipinski definition) is 3. The van der Waals surface area contributed by atoms with Gasteiger partial charge in [-0.25, -0.2) is 4.98 Å². The maximum Gasteiger partial charge on any atom is 0.170 e. The highest BCUT2D eigenvalue weighted by atomic mass is 79.9. The van der Waals surface area contributed by atoms with Crippen LogP contribution < -0.4 is 0 Å². The Morgan fingerprint density at radius 3 is 2.94 bits per heavy atom. The fourth-order valence-electron chi connectivity index (χ4n) is 1.78. The van der Waals surface area contributed by atoms with E-state index in [1.807, 2.05) is 29.5 Å². The summed E-state index contributed by atoms with van der Waals surface area (Å²) in [6.45, 7) is 2.03. The molecule has 0 spiro atoms. The van der Waals surface area contributed by atoms with Crippen LogP contribution in [-0.2, 0) is 0 Å². The second kappa shape index (κ2) is 4.33. The highest BCUT2D eigenvalue weighted by Gasteiger charge is 2.12. The number of rotatable bonds is 1. The van der Waals surface area contributed by atoms with Crippen LogP contribution in [0.25, 0.3) is 17.0 Å². The lowest BCUT2D eigenvalue weighted by Gasteiger charge is -2.05. The molecule has 0 N–H and O–H groups in total. The fourth-order valence-corrected chi connectivity index (χ4v) is 2.36. The van der Waals surface area contributed by atoms with Crippen molar-refractivity contribution in [2.45, 2.75) is 6.92 Å². The van der Waals surface area contributed by atoms with Crippen LogP contribution in [0, 0.1) is 6.92 Å². The minimum Gasteiger partial charge on any atom is -0.265 e. The van der Waals surface area contributed by atoms with E-state index in [1.54, 1.807) is 12.4 Å². The zero-order valence-corrected chi connectivity index (χ0v) is 11.8. The molecule has 0 amide bonds. The summed E-state index contributed by atoms with van der Waals surface area (Å²) in [5.41, 5.74) is 2.80. The van der Waals surface area contributed by atoms with E-state index in [2.05, 4.69) is 31.1 Å². The van der Waals surface area contributed by atoms with Gasteiger partial charge in [-0.1, -0.05) is 29.8 Å². The number of fused-ring (bicyclic) bond motifs is 1. The minimum atomic E-state index is 0.407. The molecule has 18 heavy (non-hydrogen) atoms. The Kier molecular flexibility index (Phi) is 2.80. The van der Waals surface area contributed by atoms with Crippen LogP contribution in [0.1, 0.15) is 5.56 Å². The topological polar surface area (TPSA) is 43.1 Å². The first-order valence-electron chi connectivity index (χ1n) is 5.28. The number of aromatic nitrogens is 4. The molecule has 4 nitrogen and oxygen atoms in total. The SMILES string of the molecule is Cc1cccc(-c2nnc3cc(Cl)ncn23)c1Br. The molecule has 0 saturated heterocycles. The van der Waals surface area contributed by atoms with Crippen LogP contribution in [0.4, 0.5) is 0 Å². The Morgan fingerprint density at radius 2 is 2.11 bits per heavy atom. The Balaban J connectivity index is 2.29. The van der Waals surface area contributed by atoms with E-state index in [0.29, 0.717) is 10.8 Å². The lowest BCUT2D eigenvalue weighted by Crippen LogP contribution is -1.92. The van der Waals surface area contributed by atoms with E-state index >= 15 is 0 Å². The van der Waals surface area contributed by atoms with Crippen molar-refractivity contribution in [2.75, 3.05) is 0 Å². The largest absolute Gasteiger partial charge is 0.265 e. The molecule has 3 aromatic rings. The van der Waals surface area contributed by atoms with Crippen LogP contribution in [-0.4, -0.2) is 19.6 Å². The smallest absolute Gasteiger partial charge is 0.170 e. The molecule has 0 aliphatic rings. The van der Waals surface area contributed by atoms with E-state index in [1.165, 1.54) is 0 Å². The summed E-state index contributed by atoms with van der Waals surface area (Å²) in [6.07, 6.45) is 1.63. The molecule has 0 bridgehead atoms. The van der Waals surface area contributed by atoms with Gasteiger partial charge in [-0.05, 0) is 28.4 Å². The molecule has 0 aliphatic carbocycles. The van der Waals surface area contributed by atoms with Crippen LogP contribution in [0.3, 0.4) is 0 Å². The molecule has 3 rings (SSSR count). The van der Waals surface area contributed by atoms with E-state index < -0.39 is 0 Å². The minimum absolute atomic E-state index is 0.407. The maximum absolute atomic E-state index is 5.83. The molecule has 0 unspecified atom stereocenters. The molecule has 0 fully saturated rings.